The Balaban J connectivity index is 1.45. The van der Waals surface area contributed by atoms with Gasteiger partial charge in [-0.15, -0.1) is 0 Å². The Morgan fingerprint density at radius 3 is 2.77 bits per heavy atom. The minimum atomic E-state index is -0.414. The fraction of sp³-hybridized carbons (Fsp3) is 0.143. The van der Waals surface area contributed by atoms with E-state index in [1.54, 1.807) is 54.2 Å². The largest absolute Gasteiger partial charge is 0.350 e. The van der Waals surface area contributed by atoms with E-state index in [1.165, 1.54) is 17.0 Å². The highest BCUT2D eigenvalue weighted by Gasteiger charge is 2.11. The van der Waals surface area contributed by atoms with Crippen LogP contribution < -0.4 is 10.9 Å². The third kappa shape index (κ3) is 4.02. The molecule has 0 atom stereocenters. The SMILES string of the molecule is Cc1nccn1-c1ccc(CNC(=O)Cn2cnc3ccc(Br)cc3c2=O)cc1F. The first-order chi connectivity index (χ1) is 14.4. The number of benzene rings is 2. The zero-order valence-corrected chi connectivity index (χ0v) is 17.6. The lowest BCUT2D eigenvalue weighted by Gasteiger charge is -2.10. The molecule has 30 heavy (non-hydrogen) atoms. The molecule has 1 amide bonds. The zero-order valence-electron chi connectivity index (χ0n) is 16.0. The van der Waals surface area contributed by atoms with Crippen LogP contribution in [0.25, 0.3) is 16.6 Å². The number of fused-ring (bicyclic) bond motifs is 1. The summed E-state index contributed by atoms with van der Waals surface area (Å²) in [5.41, 5.74) is 1.25. The number of carbonyl (C=O) groups excluding carboxylic acids is 1. The smallest absolute Gasteiger partial charge is 0.261 e. The van der Waals surface area contributed by atoms with Gasteiger partial charge in [-0.2, -0.15) is 0 Å². The van der Waals surface area contributed by atoms with Crippen molar-refractivity contribution in [2.45, 2.75) is 20.0 Å². The number of hydrogen-bond donors (Lipinski definition) is 1. The van der Waals surface area contributed by atoms with Crippen molar-refractivity contribution in [1.82, 2.24) is 24.4 Å². The number of rotatable bonds is 5. The summed E-state index contributed by atoms with van der Waals surface area (Å²) in [5.74, 6) is -0.108. The lowest BCUT2D eigenvalue weighted by molar-refractivity contribution is -0.121. The maximum atomic E-state index is 14.5. The standard InChI is InChI=1S/C21H17BrFN5O2/c1-13-24-6-7-28(13)19-5-2-14(8-17(19)23)10-25-20(29)11-27-12-26-18-4-3-15(22)9-16(18)21(27)30/h2-9,12H,10-11H2,1H3,(H,25,29). The predicted molar refractivity (Wildman–Crippen MR) is 114 cm³/mol. The van der Waals surface area contributed by atoms with Crippen LogP contribution in [0, 0.1) is 12.7 Å². The molecule has 4 rings (SSSR count). The molecule has 0 bridgehead atoms. The third-order valence-electron chi connectivity index (χ3n) is 4.69. The molecule has 7 nitrogen and oxygen atoms in total. The second-order valence-electron chi connectivity index (χ2n) is 6.75. The molecule has 2 heterocycles. The predicted octanol–water partition coefficient (Wildman–Crippen LogP) is 3.11. The van der Waals surface area contributed by atoms with E-state index in [0.29, 0.717) is 28.0 Å². The van der Waals surface area contributed by atoms with Crippen molar-refractivity contribution in [1.29, 1.82) is 0 Å². The molecule has 0 fully saturated rings. The molecular formula is C21H17BrFN5O2. The molecule has 2 aromatic heterocycles. The van der Waals surface area contributed by atoms with Gasteiger partial charge >= 0.3 is 0 Å². The van der Waals surface area contributed by atoms with E-state index in [2.05, 4.69) is 31.2 Å². The molecule has 9 heteroatoms. The van der Waals surface area contributed by atoms with Crippen LogP contribution in [0.1, 0.15) is 11.4 Å². The molecule has 1 N–H and O–H groups in total. The number of nitrogens with one attached hydrogen (secondary N) is 1. The summed E-state index contributed by atoms with van der Waals surface area (Å²) in [5, 5.41) is 3.13. The minimum absolute atomic E-state index is 0.139. The Bertz CT molecular complexity index is 1310. The Labute approximate surface area is 179 Å². The summed E-state index contributed by atoms with van der Waals surface area (Å²) in [6, 6.07) is 9.95. The molecular weight excluding hydrogens is 453 g/mol. The van der Waals surface area contributed by atoms with E-state index in [1.807, 2.05) is 0 Å². The Morgan fingerprint density at radius 2 is 2.03 bits per heavy atom. The highest BCUT2D eigenvalue weighted by Crippen LogP contribution is 2.17. The van der Waals surface area contributed by atoms with Gasteiger partial charge in [0.1, 0.15) is 18.2 Å². The maximum Gasteiger partial charge on any atom is 0.261 e. The van der Waals surface area contributed by atoms with Crippen LogP contribution in [0.4, 0.5) is 4.39 Å². The number of imidazole rings is 1. The zero-order chi connectivity index (χ0) is 21.3. The quantitative estimate of drug-likeness (QED) is 0.486. The van der Waals surface area contributed by atoms with E-state index >= 15 is 0 Å². The average Bonchev–Trinajstić information content (AvgIpc) is 3.14. The van der Waals surface area contributed by atoms with Crippen LogP contribution in [-0.2, 0) is 17.9 Å². The molecule has 0 saturated carbocycles. The van der Waals surface area contributed by atoms with Crippen LogP contribution >= 0.6 is 15.9 Å². The topological polar surface area (TPSA) is 81.8 Å². The van der Waals surface area contributed by atoms with Crippen molar-refractivity contribution in [3.8, 4) is 5.69 Å². The first-order valence-corrected chi connectivity index (χ1v) is 9.92. The summed E-state index contributed by atoms with van der Waals surface area (Å²) in [7, 11) is 0. The van der Waals surface area contributed by atoms with E-state index in [-0.39, 0.29) is 24.6 Å². The number of carbonyl (C=O) groups is 1. The van der Waals surface area contributed by atoms with Gasteiger partial charge in [0.05, 0.1) is 22.9 Å². The van der Waals surface area contributed by atoms with Crippen LogP contribution in [0.15, 0.2) is 64.4 Å². The summed E-state index contributed by atoms with van der Waals surface area (Å²) in [6.07, 6.45) is 4.63. The lowest BCUT2D eigenvalue weighted by atomic mass is 10.2. The van der Waals surface area contributed by atoms with Gasteiger partial charge in [-0.05, 0) is 42.8 Å². The van der Waals surface area contributed by atoms with Crippen LogP contribution in [0.2, 0.25) is 0 Å². The number of aryl methyl sites for hydroxylation is 1. The first kappa shape index (κ1) is 20.0. The molecule has 0 aliphatic heterocycles. The van der Waals surface area contributed by atoms with Crippen molar-refractivity contribution >= 4 is 32.7 Å². The van der Waals surface area contributed by atoms with E-state index < -0.39 is 5.82 Å². The van der Waals surface area contributed by atoms with Crippen molar-refractivity contribution in [2.75, 3.05) is 0 Å². The van der Waals surface area contributed by atoms with Gasteiger partial charge in [-0.25, -0.2) is 14.4 Å². The number of nitrogens with zero attached hydrogens (tertiary/aromatic N) is 4. The first-order valence-electron chi connectivity index (χ1n) is 9.12. The highest BCUT2D eigenvalue weighted by molar-refractivity contribution is 9.10. The number of hydrogen-bond acceptors (Lipinski definition) is 4. The molecule has 4 aromatic rings. The Kier molecular flexibility index (Phi) is 5.45. The molecule has 0 aliphatic carbocycles. The molecule has 0 aliphatic rings. The summed E-state index contributed by atoms with van der Waals surface area (Å²) in [6.45, 7) is 1.75. The van der Waals surface area contributed by atoms with Crippen LogP contribution in [-0.4, -0.2) is 25.0 Å². The van der Waals surface area contributed by atoms with Crippen molar-refractivity contribution in [3.05, 3.63) is 87.2 Å². The normalized spacial score (nSPS) is 11.0. The molecule has 0 spiro atoms. The molecule has 152 valence electrons. The monoisotopic (exact) mass is 469 g/mol. The minimum Gasteiger partial charge on any atom is -0.350 e. The van der Waals surface area contributed by atoms with Gasteiger partial charge < -0.3 is 9.88 Å². The van der Waals surface area contributed by atoms with Gasteiger partial charge in [0.25, 0.3) is 5.56 Å². The average molecular weight is 470 g/mol. The molecule has 0 saturated heterocycles. The van der Waals surface area contributed by atoms with Gasteiger partial charge in [0.15, 0.2) is 0 Å². The van der Waals surface area contributed by atoms with Gasteiger partial charge in [-0.1, -0.05) is 22.0 Å². The lowest BCUT2D eigenvalue weighted by Crippen LogP contribution is -2.32. The fourth-order valence-corrected chi connectivity index (χ4v) is 3.50. The summed E-state index contributed by atoms with van der Waals surface area (Å²) >= 11 is 3.33. The Morgan fingerprint density at radius 1 is 1.20 bits per heavy atom. The second kappa shape index (κ2) is 8.19. The van der Waals surface area contributed by atoms with Gasteiger partial charge in [0, 0.05) is 23.4 Å². The van der Waals surface area contributed by atoms with E-state index in [0.717, 1.165) is 4.47 Å². The number of halogens is 2. The van der Waals surface area contributed by atoms with Crippen molar-refractivity contribution < 1.29 is 9.18 Å². The number of amides is 1. The summed E-state index contributed by atoms with van der Waals surface area (Å²) < 4.78 is 18.1. The van der Waals surface area contributed by atoms with Gasteiger partial charge in [0.2, 0.25) is 5.91 Å². The van der Waals surface area contributed by atoms with Crippen LogP contribution in [0.5, 0.6) is 0 Å². The highest BCUT2D eigenvalue weighted by atomic mass is 79.9. The fourth-order valence-electron chi connectivity index (χ4n) is 3.14. The molecule has 2 aromatic carbocycles. The Hall–Kier alpha value is -3.33. The molecule has 0 unspecified atom stereocenters. The summed E-state index contributed by atoms with van der Waals surface area (Å²) in [4.78, 5) is 33.2. The number of aromatic nitrogens is 4. The van der Waals surface area contributed by atoms with Crippen LogP contribution in [0.3, 0.4) is 0 Å². The van der Waals surface area contributed by atoms with E-state index in [4.69, 9.17) is 0 Å². The van der Waals surface area contributed by atoms with E-state index in [9.17, 15) is 14.0 Å². The maximum absolute atomic E-state index is 14.5. The van der Waals surface area contributed by atoms with Crippen molar-refractivity contribution in [2.24, 2.45) is 0 Å². The molecule has 0 radical (unpaired) electrons. The van der Waals surface area contributed by atoms with Crippen molar-refractivity contribution in [3.63, 3.8) is 0 Å². The third-order valence-corrected chi connectivity index (χ3v) is 5.18. The van der Waals surface area contributed by atoms with Gasteiger partial charge in [-0.3, -0.25) is 14.2 Å². The second-order valence-corrected chi connectivity index (χ2v) is 7.66.